The Kier molecular flexibility index (Phi) is 5.23. The normalized spacial score (nSPS) is 14.2. The number of carbonyl (C=O) groups is 1. The molecule has 0 aliphatic heterocycles. The molecule has 3 rings (SSSR count). The smallest absolute Gasteiger partial charge is 0.270 e. The molecule has 1 aliphatic rings. The quantitative estimate of drug-likeness (QED) is 0.621. The SMILES string of the molecule is O=C(NCc1ccncc1)c1cc([N+](=O)[O-])ccc1NC1CCCC1. The van der Waals surface area contributed by atoms with E-state index in [1.165, 1.54) is 12.1 Å². The van der Waals surface area contributed by atoms with Gasteiger partial charge in [-0.15, -0.1) is 0 Å². The minimum absolute atomic E-state index is 0.0916. The number of nitrogens with one attached hydrogen (secondary N) is 2. The van der Waals surface area contributed by atoms with Crippen LogP contribution in [0.4, 0.5) is 11.4 Å². The van der Waals surface area contributed by atoms with E-state index in [4.69, 9.17) is 0 Å². The number of hydrogen-bond acceptors (Lipinski definition) is 5. The van der Waals surface area contributed by atoms with Crippen LogP contribution in [0.3, 0.4) is 0 Å². The molecule has 1 aliphatic carbocycles. The van der Waals surface area contributed by atoms with Gasteiger partial charge < -0.3 is 10.6 Å². The van der Waals surface area contributed by atoms with Crippen LogP contribution in [0.15, 0.2) is 42.7 Å². The molecule has 1 saturated carbocycles. The number of nitro groups is 1. The van der Waals surface area contributed by atoms with Gasteiger partial charge in [-0.3, -0.25) is 19.9 Å². The molecular weight excluding hydrogens is 320 g/mol. The van der Waals surface area contributed by atoms with Crippen LogP contribution < -0.4 is 10.6 Å². The number of pyridine rings is 1. The van der Waals surface area contributed by atoms with Crippen LogP contribution in [0.1, 0.15) is 41.6 Å². The highest BCUT2D eigenvalue weighted by Crippen LogP contribution is 2.27. The van der Waals surface area contributed by atoms with E-state index in [9.17, 15) is 14.9 Å². The van der Waals surface area contributed by atoms with Crippen LogP contribution in [0, 0.1) is 10.1 Å². The van der Waals surface area contributed by atoms with Gasteiger partial charge in [0.15, 0.2) is 0 Å². The van der Waals surface area contributed by atoms with Crippen molar-refractivity contribution >= 4 is 17.3 Å². The predicted octanol–water partition coefficient (Wildman–Crippen LogP) is 3.27. The zero-order valence-electron chi connectivity index (χ0n) is 13.8. The minimum Gasteiger partial charge on any atom is -0.382 e. The highest BCUT2D eigenvalue weighted by atomic mass is 16.6. The topological polar surface area (TPSA) is 97.2 Å². The maximum Gasteiger partial charge on any atom is 0.270 e. The van der Waals surface area contributed by atoms with Crippen molar-refractivity contribution in [3.63, 3.8) is 0 Å². The maximum absolute atomic E-state index is 12.6. The van der Waals surface area contributed by atoms with Gasteiger partial charge in [0, 0.05) is 42.8 Å². The van der Waals surface area contributed by atoms with E-state index in [1.54, 1.807) is 18.5 Å². The minimum atomic E-state index is -0.487. The van der Waals surface area contributed by atoms with Crippen molar-refractivity contribution < 1.29 is 9.72 Å². The lowest BCUT2D eigenvalue weighted by molar-refractivity contribution is -0.384. The Bertz CT molecular complexity index is 758. The summed E-state index contributed by atoms with van der Waals surface area (Å²) in [5.41, 5.74) is 1.77. The molecule has 2 N–H and O–H groups in total. The molecule has 0 saturated heterocycles. The van der Waals surface area contributed by atoms with Crippen LogP contribution in [-0.4, -0.2) is 21.9 Å². The molecule has 0 spiro atoms. The molecule has 1 amide bonds. The van der Waals surface area contributed by atoms with E-state index in [0.717, 1.165) is 31.2 Å². The van der Waals surface area contributed by atoms with Gasteiger partial charge in [0.2, 0.25) is 0 Å². The lowest BCUT2D eigenvalue weighted by Gasteiger charge is -2.17. The molecule has 130 valence electrons. The molecule has 7 heteroatoms. The Morgan fingerprint density at radius 3 is 2.60 bits per heavy atom. The Morgan fingerprint density at radius 1 is 1.20 bits per heavy atom. The average Bonchev–Trinajstić information content (AvgIpc) is 3.14. The third-order valence-corrected chi connectivity index (χ3v) is 4.38. The number of anilines is 1. The molecule has 7 nitrogen and oxygen atoms in total. The molecular formula is C18H20N4O3. The first-order valence-electron chi connectivity index (χ1n) is 8.35. The Hall–Kier alpha value is -2.96. The number of nitrogens with zero attached hydrogens (tertiary/aromatic N) is 2. The van der Waals surface area contributed by atoms with Gasteiger partial charge in [-0.2, -0.15) is 0 Å². The van der Waals surface area contributed by atoms with Gasteiger partial charge in [0.25, 0.3) is 11.6 Å². The van der Waals surface area contributed by atoms with Gasteiger partial charge in [-0.25, -0.2) is 0 Å². The first kappa shape index (κ1) is 16.9. The average molecular weight is 340 g/mol. The van der Waals surface area contributed by atoms with Crippen molar-refractivity contribution in [1.29, 1.82) is 0 Å². The fourth-order valence-corrected chi connectivity index (χ4v) is 3.03. The number of benzene rings is 1. The van der Waals surface area contributed by atoms with Gasteiger partial charge >= 0.3 is 0 Å². The predicted molar refractivity (Wildman–Crippen MR) is 94.4 cm³/mol. The fraction of sp³-hybridized carbons (Fsp3) is 0.333. The Morgan fingerprint density at radius 2 is 1.92 bits per heavy atom. The first-order chi connectivity index (χ1) is 12.1. The summed E-state index contributed by atoms with van der Waals surface area (Å²) in [6.07, 6.45) is 7.73. The van der Waals surface area contributed by atoms with Gasteiger partial charge in [0.1, 0.15) is 0 Å². The zero-order valence-corrected chi connectivity index (χ0v) is 13.8. The summed E-state index contributed by atoms with van der Waals surface area (Å²) >= 11 is 0. The summed E-state index contributed by atoms with van der Waals surface area (Å²) in [5.74, 6) is -0.332. The first-order valence-corrected chi connectivity index (χ1v) is 8.35. The highest BCUT2D eigenvalue weighted by Gasteiger charge is 2.20. The van der Waals surface area contributed by atoms with Crippen molar-refractivity contribution in [3.8, 4) is 0 Å². The number of amides is 1. The standard InChI is InChI=1S/C18H20N4O3/c23-18(20-12-13-7-9-19-10-8-13)16-11-15(22(24)25)5-6-17(16)21-14-3-1-2-4-14/h5-11,14,21H,1-4,12H2,(H,20,23). The van der Waals surface area contributed by atoms with Gasteiger partial charge in [-0.05, 0) is 36.6 Å². The van der Waals surface area contributed by atoms with E-state index in [2.05, 4.69) is 15.6 Å². The lowest BCUT2D eigenvalue weighted by Crippen LogP contribution is -2.25. The van der Waals surface area contributed by atoms with Crippen LogP contribution in [0.5, 0.6) is 0 Å². The zero-order chi connectivity index (χ0) is 17.6. The largest absolute Gasteiger partial charge is 0.382 e. The number of rotatable bonds is 6. The second-order valence-corrected chi connectivity index (χ2v) is 6.15. The molecule has 2 aromatic rings. The van der Waals surface area contributed by atoms with E-state index in [-0.39, 0.29) is 11.6 Å². The number of non-ortho nitro benzene ring substituents is 1. The second kappa shape index (κ2) is 7.74. The van der Waals surface area contributed by atoms with E-state index in [0.29, 0.717) is 23.8 Å². The number of nitro benzene ring substituents is 1. The monoisotopic (exact) mass is 340 g/mol. The van der Waals surface area contributed by atoms with Crippen molar-refractivity contribution in [2.75, 3.05) is 5.32 Å². The van der Waals surface area contributed by atoms with Crippen molar-refractivity contribution in [2.24, 2.45) is 0 Å². The number of aromatic nitrogens is 1. The number of hydrogen-bond donors (Lipinski definition) is 2. The van der Waals surface area contributed by atoms with Gasteiger partial charge in [-0.1, -0.05) is 12.8 Å². The van der Waals surface area contributed by atoms with Gasteiger partial charge in [0.05, 0.1) is 10.5 Å². The van der Waals surface area contributed by atoms with Crippen LogP contribution in [0.25, 0.3) is 0 Å². The molecule has 1 heterocycles. The van der Waals surface area contributed by atoms with E-state index < -0.39 is 4.92 Å². The third-order valence-electron chi connectivity index (χ3n) is 4.38. The van der Waals surface area contributed by atoms with Crippen molar-refractivity contribution in [2.45, 2.75) is 38.3 Å². The van der Waals surface area contributed by atoms with Crippen molar-refractivity contribution in [3.05, 3.63) is 64.0 Å². The molecule has 25 heavy (non-hydrogen) atoms. The second-order valence-electron chi connectivity index (χ2n) is 6.15. The van der Waals surface area contributed by atoms with Crippen molar-refractivity contribution in [1.82, 2.24) is 10.3 Å². The molecule has 0 unspecified atom stereocenters. The Labute approximate surface area is 145 Å². The summed E-state index contributed by atoms with van der Waals surface area (Å²) in [7, 11) is 0. The van der Waals surface area contributed by atoms with E-state index >= 15 is 0 Å². The van der Waals surface area contributed by atoms with Crippen LogP contribution in [0.2, 0.25) is 0 Å². The molecule has 1 fully saturated rings. The fourth-order valence-electron chi connectivity index (χ4n) is 3.03. The molecule has 0 atom stereocenters. The molecule has 0 radical (unpaired) electrons. The summed E-state index contributed by atoms with van der Waals surface area (Å²) in [4.78, 5) is 27.1. The Balaban J connectivity index is 1.78. The summed E-state index contributed by atoms with van der Waals surface area (Å²) in [5, 5.41) is 17.2. The molecule has 0 bridgehead atoms. The highest BCUT2D eigenvalue weighted by molar-refractivity contribution is 6.00. The third kappa shape index (κ3) is 4.32. The van der Waals surface area contributed by atoms with Crippen LogP contribution in [-0.2, 0) is 6.54 Å². The maximum atomic E-state index is 12.6. The molecule has 1 aromatic carbocycles. The van der Waals surface area contributed by atoms with E-state index in [1.807, 2.05) is 12.1 Å². The lowest BCUT2D eigenvalue weighted by atomic mass is 10.1. The number of carbonyl (C=O) groups excluding carboxylic acids is 1. The summed E-state index contributed by atoms with van der Waals surface area (Å²) in [6, 6.07) is 8.32. The molecule has 1 aromatic heterocycles. The summed E-state index contributed by atoms with van der Waals surface area (Å²) < 4.78 is 0. The summed E-state index contributed by atoms with van der Waals surface area (Å²) in [6.45, 7) is 0.340. The van der Waals surface area contributed by atoms with Crippen LogP contribution >= 0.6 is 0 Å².